The van der Waals surface area contributed by atoms with Crippen LogP contribution in [0.5, 0.6) is 0 Å². The van der Waals surface area contributed by atoms with E-state index in [1.807, 2.05) is 0 Å². The maximum Gasteiger partial charge on any atom is 0.410 e. The molecule has 2 rings (SSSR count). The standard InChI is InChI=1S/C12H19N5O4/c1-12(2,3)21-11(18)16-5-4-13-6-8(16)10-9(17(19)20)7-14-15-10/h7-8,13H,4-6H2,1-3H3,(H,14,15). The van der Waals surface area contributed by atoms with Gasteiger partial charge in [0.1, 0.15) is 17.5 Å². The van der Waals surface area contributed by atoms with Crippen LogP contribution in [0.1, 0.15) is 32.5 Å². The lowest BCUT2D eigenvalue weighted by Crippen LogP contribution is -2.50. The van der Waals surface area contributed by atoms with Gasteiger partial charge < -0.3 is 10.1 Å². The van der Waals surface area contributed by atoms with Crippen LogP contribution in [0.4, 0.5) is 10.5 Å². The topological polar surface area (TPSA) is 113 Å². The summed E-state index contributed by atoms with van der Waals surface area (Å²) >= 11 is 0. The molecule has 1 fully saturated rings. The maximum atomic E-state index is 12.3. The van der Waals surface area contributed by atoms with E-state index in [1.54, 1.807) is 20.8 Å². The van der Waals surface area contributed by atoms with E-state index in [0.29, 0.717) is 25.3 Å². The molecule has 1 unspecified atom stereocenters. The molecule has 1 saturated heterocycles. The van der Waals surface area contributed by atoms with Crippen LogP contribution in [-0.4, -0.2) is 51.3 Å². The number of hydrogen-bond acceptors (Lipinski definition) is 6. The van der Waals surface area contributed by atoms with E-state index in [2.05, 4.69) is 15.5 Å². The van der Waals surface area contributed by atoms with Crippen molar-refractivity contribution >= 4 is 11.8 Å². The summed E-state index contributed by atoms with van der Waals surface area (Å²) < 4.78 is 5.36. The zero-order chi connectivity index (χ0) is 15.6. The predicted octanol–water partition coefficient (Wildman–Crippen LogP) is 1.20. The predicted molar refractivity (Wildman–Crippen MR) is 73.8 cm³/mol. The fourth-order valence-electron chi connectivity index (χ4n) is 2.18. The second-order valence-corrected chi connectivity index (χ2v) is 5.82. The summed E-state index contributed by atoms with van der Waals surface area (Å²) in [5.74, 6) is 0. The van der Waals surface area contributed by atoms with Crippen molar-refractivity contribution < 1.29 is 14.5 Å². The van der Waals surface area contributed by atoms with Crippen LogP contribution >= 0.6 is 0 Å². The van der Waals surface area contributed by atoms with Gasteiger partial charge in [0.25, 0.3) is 0 Å². The number of nitrogens with one attached hydrogen (secondary N) is 2. The van der Waals surface area contributed by atoms with Crippen molar-refractivity contribution in [2.24, 2.45) is 0 Å². The largest absolute Gasteiger partial charge is 0.444 e. The lowest BCUT2D eigenvalue weighted by atomic mass is 10.1. The summed E-state index contributed by atoms with van der Waals surface area (Å²) in [7, 11) is 0. The van der Waals surface area contributed by atoms with Gasteiger partial charge in [0.15, 0.2) is 0 Å². The highest BCUT2D eigenvalue weighted by Gasteiger charge is 2.36. The van der Waals surface area contributed by atoms with Crippen LogP contribution in [0.3, 0.4) is 0 Å². The van der Waals surface area contributed by atoms with Crippen molar-refractivity contribution in [3.05, 3.63) is 22.0 Å². The smallest absolute Gasteiger partial charge is 0.410 e. The molecule has 21 heavy (non-hydrogen) atoms. The summed E-state index contributed by atoms with van der Waals surface area (Å²) in [6.45, 7) is 6.76. The van der Waals surface area contributed by atoms with Crippen LogP contribution in [0.2, 0.25) is 0 Å². The van der Waals surface area contributed by atoms with Gasteiger partial charge in [-0.1, -0.05) is 0 Å². The van der Waals surface area contributed by atoms with Crippen LogP contribution < -0.4 is 5.32 Å². The minimum absolute atomic E-state index is 0.128. The molecule has 2 N–H and O–H groups in total. The molecule has 1 amide bonds. The Kier molecular flexibility index (Phi) is 4.12. The number of H-pyrrole nitrogens is 1. The Hall–Kier alpha value is -2.16. The fraction of sp³-hybridized carbons (Fsp3) is 0.667. The van der Waals surface area contributed by atoms with E-state index < -0.39 is 22.7 Å². The molecule has 0 bridgehead atoms. The zero-order valence-electron chi connectivity index (χ0n) is 12.3. The number of nitrogens with zero attached hydrogens (tertiary/aromatic N) is 3. The van der Waals surface area contributed by atoms with Gasteiger partial charge in [-0.3, -0.25) is 20.1 Å². The van der Waals surface area contributed by atoms with Crippen molar-refractivity contribution in [2.45, 2.75) is 32.4 Å². The highest BCUT2D eigenvalue weighted by Crippen LogP contribution is 2.29. The van der Waals surface area contributed by atoms with Gasteiger partial charge in [0.05, 0.1) is 11.0 Å². The summed E-state index contributed by atoms with van der Waals surface area (Å²) in [6.07, 6.45) is 0.662. The Balaban J connectivity index is 2.25. The molecule has 0 aromatic carbocycles. The van der Waals surface area contributed by atoms with Gasteiger partial charge in [-0.2, -0.15) is 5.10 Å². The zero-order valence-corrected chi connectivity index (χ0v) is 12.3. The Morgan fingerprint density at radius 2 is 2.29 bits per heavy atom. The first-order valence-corrected chi connectivity index (χ1v) is 6.67. The SMILES string of the molecule is CC(C)(C)OC(=O)N1CCNCC1c1[nH]ncc1[N+](=O)[O-]. The minimum Gasteiger partial charge on any atom is -0.444 e. The number of rotatable bonds is 2. The molecule has 1 aromatic heterocycles. The highest BCUT2D eigenvalue weighted by atomic mass is 16.6. The minimum atomic E-state index is -0.619. The van der Waals surface area contributed by atoms with E-state index in [1.165, 1.54) is 4.90 Å². The normalized spacial score (nSPS) is 19.4. The van der Waals surface area contributed by atoms with E-state index in [4.69, 9.17) is 4.74 Å². The third-order valence-electron chi connectivity index (χ3n) is 3.05. The van der Waals surface area contributed by atoms with Crippen molar-refractivity contribution in [3.63, 3.8) is 0 Å². The number of carbonyl (C=O) groups is 1. The van der Waals surface area contributed by atoms with Crippen molar-refractivity contribution in [3.8, 4) is 0 Å². The molecule has 0 saturated carbocycles. The van der Waals surface area contributed by atoms with Gasteiger partial charge in [0.2, 0.25) is 0 Å². The summed E-state index contributed by atoms with van der Waals surface area (Å²) in [5.41, 5.74) is -0.442. The number of amides is 1. The van der Waals surface area contributed by atoms with E-state index in [0.717, 1.165) is 6.20 Å². The molecule has 1 atom stereocenters. The third-order valence-corrected chi connectivity index (χ3v) is 3.05. The fourth-order valence-corrected chi connectivity index (χ4v) is 2.18. The molecule has 0 spiro atoms. The Bertz CT molecular complexity index is 536. The summed E-state index contributed by atoms with van der Waals surface area (Å²) in [4.78, 5) is 24.3. The average Bonchev–Trinajstić information content (AvgIpc) is 2.85. The Labute approximate surface area is 121 Å². The molecule has 1 aromatic rings. The quantitative estimate of drug-likeness (QED) is 0.626. The Morgan fingerprint density at radius 1 is 1.57 bits per heavy atom. The lowest BCUT2D eigenvalue weighted by Gasteiger charge is -2.36. The van der Waals surface area contributed by atoms with Crippen molar-refractivity contribution in [1.29, 1.82) is 0 Å². The van der Waals surface area contributed by atoms with E-state index >= 15 is 0 Å². The second kappa shape index (κ2) is 5.68. The molecule has 2 heterocycles. The first-order chi connectivity index (χ1) is 9.79. The number of ether oxygens (including phenoxy) is 1. The number of carbonyl (C=O) groups excluding carboxylic acids is 1. The van der Waals surface area contributed by atoms with Gasteiger partial charge in [-0.25, -0.2) is 4.79 Å². The molecule has 1 aliphatic rings. The summed E-state index contributed by atoms with van der Waals surface area (Å²) in [6, 6.07) is -0.503. The maximum absolute atomic E-state index is 12.3. The molecular formula is C12H19N5O4. The average molecular weight is 297 g/mol. The molecule has 9 nitrogen and oxygen atoms in total. The lowest BCUT2D eigenvalue weighted by molar-refractivity contribution is -0.386. The highest BCUT2D eigenvalue weighted by molar-refractivity contribution is 5.69. The summed E-state index contributed by atoms with van der Waals surface area (Å²) in [5, 5.41) is 20.5. The van der Waals surface area contributed by atoms with Crippen molar-refractivity contribution in [1.82, 2.24) is 20.4 Å². The monoisotopic (exact) mass is 297 g/mol. The molecule has 0 aliphatic carbocycles. The number of hydrogen-bond donors (Lipinski definition) is 2. The first-order valence-electron chi connectivity index (χ1n) is 6.67. The van der Waals surface area contributed by atoms with Gasteiger partial charge in [-0.05, 0) is 20.8 Å². The first kappa shape index (κ1) is 15.2. The molecular weight excluding hydrogens is 278 g/mol. The van der Waals surface area contributed by atoms with Crippen LogP contribution in [0.25, 0.3) is 0 Å². The number of aromatic nitrogens is 2. The number of nitro groups is 1. The van der Waals surface area contributed by atoms with E-state index in [-0.39, 0.29) is 5.69 Å². The second-order valence-electron chi connectivity index (χ2n) is 5.82. The van der Waals surface area contributed by atoms with E-state index in [9.17, 15) is 14.9 Å². The van der Waals surface area contributed by atoms with Crippen molar-refractivity contribution in [2.75, 3.05) is 19.6 Å². The number of aromatic amines is 1. The van der Waals surface area contributed by atoms with Gasteiger partial charge >= 0.3 is 11.8 Å². The third kappa shape index (κ3) is 3.48. The number of piperazine rings is 1. The molecule has 0 radical (unpaired) electrons. The van der Waals surface area contributed by atoms with Crippen LogP contribution in [0, 0.1) is 10.1 Å². The van der Waals surface area contributed by atoms with Crippen LogP contribution in [-0.2, 0) is 4.74 Å². The van der Waals surface area contributed by atoms with Gasteiger partial charge in [-0.15, -0.1) is 0 Å². The molecule has 116 valence electrons. The molecule has 1 aliphatic heterocycles. The van der Waals surface area contributed by atoms with Gasteiger partial charge in [0, 0.05) is 19.6 Å². The van der Waals surface area contributed by atoms with Crippen LogP contribution in [0.15, 0.2) is 6.20 Å². The Morgan fingerprint density at radius 3 is 2.90 bits per heavy atom. The molecule has 9 heteroatoms.